The Kier molecular flexibility index (Phi) is 7.27. The predicted octanol–water partition coefficient (Wildman–Crippen LogP) is 6.14. The number of carbonyl (C=O) groups is 2. The van der Waals surface area contributed by atoms with Crippen LogP contribution in [0.2, 0.25) is 5.02 Å². The van der Waals surface area contributed by atoms with Crippen molar-refractivity contribution in [1.82, 2.24) is 4.90 Å². The van der Waals surface area contributed by atoms with E-state index in [1.165, 1.54) is 4.90 Å². The van der Waals surface area contributed by atoms with Crippen LogP contribution >= 0.6 is 39.3 Å². The highest BCUT2D eigenvalue weighted by Crippen LogP contribution is 2.39. The molecule has 5 nitrogen and oxygen atoms in total. The predicted molar refractivity (Wildman–Crippen MR) is 119 cm³/mol. The zero-order valence-corrected chi connectivity index (χ0v) is 19.1. The quantitative estimate of drug-likeness (QED) is 0.431. The third kappa shape index (κ3) is 4.97. The zero-order chi connectivity index (χ0) is 21.0. The van der Waals surface area contributed by atoms with E-state index < -0.39 is 0 Å². The van der Waals surface area contributed by atoms with Crippen molar-refractivity contribution >= 4 is 56.5 Å². The Hall–Kier alpha value is -1.96. The largest absolute Gasteiger partial charge is 0.490 e. The number of benzene rings is 2. The van der Waals surface area contributed by atoms with Gasteiger partial charge in [0.15, 0.2) is 11.5 Å². The van der Waals surface area contributed by atoms with Crippen molar-refractivity contribution in [2.45, 2.75) is 20.4 Å². The first-order valence-corrected chi connectivity index (χ1v) is 11.0. The maximum absolute atomic E-state index is 12.8. The first-order valence-electron chi connectivity index (χ1n) is 9.02. The van der Waals surface area contributed by atoms with Gasteiger partial charge in [0.05, 0.1) is 29.1 Å². The summed E-state index contributed by atoms with van der Waals surface area (Å²) in [6.45, 7) is 4.89. The van der Waals surface area contributed by atoms with Crippen LogP contribution < -0.4 is 9.47 Å². The highest BCUT2D eigenvalue weighted by Gasteiger charge is 2.35. The number of rotatable bonds is 7. The van der Waals surface area contributed by atoms with E-state index in [1.54, 1.807) is 30.3 Å². The summed E-state index contributed by atoms with van der Waals surface area (Å²) in [7, 11) is 0. The van der Waals surface area contributed by atoms with Gasteiger partial charge in [-0.3, -0.25) is 14.5 Å². The Morgan fingerprint density at radius 1 is 1.14 bits per heavy atom. The molecule has 0 saturated carbocycles. The van der Waals surface area contributed by atoms with Crippen LogP contribution in [-0.2, 0) is 11.3 Å². The van der Waals surface area contributed by atoms with Crippen molar-refractivity contribution in [3.63, 3.8) is 0 Å². The van der Waals surface area contributed by atoms with Crippen molar-refractivity contribution in [2.75, 3.05) is 13.2 Å². The summed E-state index contributed by atoms with van der Waals surface area (Å²) < 4.78 is 12.0. The molecule has 2 aromatic rings. The summed E-state index contributed by atoms with van der Waals surface area (Å²) in [5.41, 5.74) is 1.45. The Bertz CT molecular complexity index is 979. The maximum atomic E-state index is 12.8. The summed E-state index contributed by atoms with van der Waals surface area (Å²) in [5.74, 6) is 0.839. The molecular weight excluding hydrogens is 478 g/mol. The van der Waals surface area contributed by atoms with Crippen LogP contribution in [-0.4, -0.2) is 29.3 Å². The van der Waals surface area contributed by atoms with Crippen LogP contribution in [0.15, 0.2) is 45.8 Å². The number of ether oxygens (including phenoxy) is 2. The number of nitrogens with zero attached hydrogens (tertiary/aromatic N) is 1. The second kappa shape index (κ2) is 9.69. The second-order valence-electron chi connectivity index (χ2n) is 6.06. The molecule has 152 valence electrons. The lowest BCUT2D eigenvalue weighted by molar-refractivity contribution is -0.123. The Morgan fingerprint density at radius 2 is 1.86 bits per heavy atom. The Morgan fingerprint density at radius 3 is 2.55 bits per heavy atom. The minimum absolute atomic E-state index is 0.138. The van der Waals surface area contributed by atoms with E-state index in [9.17, 15) is 9.59 Å². The van der Waals surface area contributed by atoms with Gasteiger partial charge in [-0.15, -0.1) is 0 Å². The summed E-state index contributed by atoms with van der Waals surface area (Å²) >= 11 is 10.6. The number of hydrogen-bond donors (Lipinski definition) is 0. The number of imide groups is 1. The molecule has 8 heteroatoms. The van der Waals surface area contributed by atoms with Crippen molar-refractivity contribution in [1.29, 1.82) is 0 Å². The van der Waals surface area contributed by atoms with Crippen LogP contribution in [0.4, 0.5) is 4.79 Å². The van der Waals surface area contributed by atoms with Gasteiger partial charge in [0, 0.05) is 5.02 Å². The van der Waals surface area contributed by atoms with E-state index in [1.807, 2.05) is 26.0 Å². The minimum Gasteiger partial charge on any atom is -0.490 e. The number of hydrogen-bond acceptors (Lipinski definition) is 5. The molecule has 29 heavy (non-hydrogen) atoms. The summed E-state index contributed by atoms with van der Waals surface area (Å²) in [6, 6.07) is 10.8. The fourth-order valence-corrected chi connectivity index (χ4v) is 4.41. The van der Waals surface area contributed by atoms with Gasteiger partial charge in [-0.25, -0.2) is 0 Å². The van der Waals surface area contributed by atoms with Gasteiger partial charge in [0.2, 0.25) is 0 Å². The first kappa shape index (κ1) is 21.7. The maximum Gasteiger partial charge on any atom is 0.293 e. The molecule has 0 unspecified atom stereocenters. The standard InChI is InChI=1S/C21H19BrClNO4S/c1-3-27-17-10-13(9-15(22)19(17)28-4-2)11-18-20(25)24(21(26)29-18)12-14-7-5-6-8-16(14)23/h5-11H,3-4,12H2,1-2H3/b18-11+. The summed E-state index contributed by atoms with van der Waals surface area (Å²) in [4.78, 5) is 26.8. The van der Waals surface area contributed by atoms with Crippen LogP contribution in [0.5, 0.6) is 11.5 Å². The third-order valence-electron chi connectivity index (χ3n) is 4.08. The highest BCUT2D eigenvalue weighted by atomic mass is 79.9. The monoisotopic (exact) mass is 495 g/mol. The molecule has 0 spiro atoms. The molecule has 1 heterocycles. The fourth-order valence-electron chi connectivity index (χ4n) is 2.80. The van der Waals surface area contributed by atoms with Gasteiger partial charge >= 0.3 is 0 Å². The average molecular weight is 497 g/mol. The molecule has 1 saturated heterocycles. The molecule has 0 bridgehead atoms. The molecule has 0 aromatic heterocycles. The van der Waals surface area contributed by atoms with Crippen LogP contribution in [0.3, 0.4) is 0 Å². The molecular formula is C21H19BrClNO4S. The Labute approximate surface area is 187 Å². The van der Waals surface area contributed by atoms with Crippen molar-refractivity contribution in [3.8, 4) is 11.5 Å². The molecule has 0 aliphatic carbocycles. The van der Waals surface area contributed by atoms with Crippen LogP contribution in [0.25, 0.3) is 6.08 Å². The van der Waals surface area contributed by atoms with Crippen molar-refractivity contribution < 1.29 is 19.1 Å². The third-order valence-corrected chi connectivity index (χ3v) is 5.94. The van der Waals surface area contributed by atoms with Gasteiger partial charge in [-0.05, 0) is 76.9 Å². The molecule has 3 rings (SSSR count). The topological polar surface area (TPSA) is 55.8 Å². The molecule has 0 radical (unpaired) electrons. The van der Waals surface area contributed by atoms with E-state index in [0.717, 1.165) is 22.9 Å². The first-order chi connectivity index (χ1) is 13.9. The van der Waals surface area contributed by atoms with Crippen LogP contribution in [0.1, 0.15) is 25.0 Å². The number of amides is 2. The van der Waals surface area contributed by atoms with Crippen molar-refractivity contribution in [3.05, 3.63) is 61.9 Å². The second-order valence-corrected chi connectivity index (χ2v) is 8.31. The molecule has 0 N–H and O–H groups in total. The molecule has 2 amide bonds. The van der Waals surface area contributed by atoms with Gasteiger partial charge < -0.3 is 9.47 Å². The molecule has 1 aliphatic heterocycles. The van der Waals surface area contributed by atoms with Gasteiger partial charge in [0.1, 0.15) is 0 Å². The lowest BCUT2D eigenvalue weighted by Gasteiger charge is -2.14. The molecule has 0 atom stereocenters. The zero-order valence-electron chi connectivity index (χ0n) is 15.9. The van der Waals surface area contributed by atoms with E-state index in [-0.39, 0.29) is 17.7 Å². The molecule has 1 aliphatic rings. The van der Waals surface area contributed by atoms with Crippen molar-refractivity contribution in [2.24, 2.45) is 0 Å². The molecule has 1 fully saturated rings. The van der Waals surface area contributed by atoms with Crippen LogP contribution in [0, 0.1) is 0 Å². The van der Waals surface area contributed by atoms with E-state index in [4.69, 9.17) is 21.1 Å². The highest BCUT2D eigenvalue weighted by molar-refractivity contribution is 9.10. The number of carbonyl (C=O) groups excluding carboxylic acids is 2. The van der Waals surface area contributed by atoms with E-state index in [2.05, 4.69) is 15.9 Å². The normalized spacial score (nSPS) is 15.3. The SMILES string of the molecule is CCOc1cc(/C=C2/SC(=O)N(Cc3ccccc3Cl)C2=O)cc(Br)c1OCC. The molecule has 2 aromatic carbocycles. The summed E-state index contributed by atoms with van der Waals surface area (Å²) in [5, 5.41) is 0.198. The smallest absolute Gasteiger partial charge is 0.293 e. The van der Waals surface area contributed by atoms with E-state index in [0.29, 0.717) is 39.1 Å². The fraction of sp³-hybridized carbons (Fsp3) is 0.238. The summed E-state index contributed by atoms with van der Waals surface area (Å²) in [6.07, 6.45) is 1.68. The lowest BCUT2D eigenvalue weighted by Crippen LogP contribution is -2.27. The number of thioether (sulfide) groups is 1. The lowest BCUT2D eigenvalue weighted by atomic mass is 10.1. The van der Waals surface area contributed by atoms with E-state index >= 15 is 0 Å². The van der Waals surface area contributed by atoms with Gasteiger partial charge in [0.25, 0.3) is 11.1 Å². The number of halogens is 2. The van der Waals surface area contributed by atoms with Gasteiger partial charge in [-0.2, -0.15) is 0 Å². The minimum atomic E-state index is -0.345. The average Bonchev–Trinajstić information content (AvgIpc) is 2.94. The van der Waals surface area contributed by atoms with Gasteiger partial charge in [-0.1, -0.05) is 29.8 Å². The Balaban J connectivity index is 1.88.